The fraction of sp³-hybridized carbons (Fsp3) is 0.524. The van der Waals surface area contributed by atoms with Gasteiger partial charge in [0.25, 0.3) is 11.8 Å². The number of nitrogens with zero attached hydrogens (tertiary/aromatic N) is 1. The lowest BCUT2D eigenvalue weighted by molar-refractivity contribution is -0.151. The fourth-order valence-electron chi connectivity index (χ4n) is 3.57. The minimum Gasteiger partial charge on any atom is -0.454 e. The van der Waals surface area contributed by atoms with Crippen molar-refractivity contribution in [3.63, 3.8) is 0 Å². The number of ether oxygens (including phenoxy) is 1. The first-order valence-corrected chi connectivity index (χ1v) is 9.97. The standard InChI is InChI=1S/C21H29N3O5/c1-4-11-21(12-5-2)19(27)24(20(28)23-21)13-18(26)29-14-17(25)22-15(3)16-9-7-6-8-10-16/h6-10,15H,4-5,11-14H2,1-3H3,(H,22,25)(H,23,28)/t15-/m1/s1. The summed E-state index contributed by atoms with van der Waals surface area (Å²) in [4.78, 5) is 50.0. The highest BCUT2D eigenvalue weighted by atomic mass is 16.5. The maximum absolute atomic E-state index is 12.7. The van der Waals surface area contributed by atoms with Crippen LogP contribution < -0.4 is 10.6 Å². The van der Waals surface area contributed by atoms with Crippen molar-refractivity contribution in [1.29, 1.82) is 0 Å². The third kappa shape index (κ3) is 5.56. The van der Waals surface area contributed by atoms with Crippen LogP contribution in [0.1, 0.15) is 58.1 Å². The Kier molecular flexibility index (Phi) is 7.75. The molecule has 0 saturated carbocycles. The molecule has 2 rings (SSSR count). The van der Waals surface area contributed by atoms with Gasteiger partial charge in [0.05, 0.1) is 6.04 Å². The molecule has 1 atom stereocenters. The van der Waals surface area contributed by atoms with E-state index in [0.29, 0.717) is 12.8 Å². The van der Waals surface area contributed by atoms with Gasteiger partial charge in [0.15, 0.2) is 6.61 Å². The number of nitrogens with one attached hydrogen (secondary N) is 2. The molecular weight excluding hydrogens is 374 g/mol. The summed E-state index contributed by atoms with van der Waals surface area (Å²) >= 11 is 0. The molecule has 0 bridgehead atoms. The molecule has 158 valence electrons. The molecule has 1 fully saturated rings. The number of imide groups is 1. The number of rotatable bonds is 10. The van der Waals surface area contributed by atoms with Crippen LogP contribution in [0.5, 0.6) is 0 Å². The van der Waals surface area contributed by atoms with E-state index in [1.165, 1.54) is 0 Å². The van der Waals surface area contributed by atoms with Gasteiger partial charge in [-0.1, -0.05) is 57.0 Å². The number of urea groups is 1. The molecule has 0 radical (unpaired) electrons. The van der Waals surface area contributed by atoms with Crippen molar-refractivity contribution in [1.82, 2.24) is 15.5 Å². The minimum absolute atomic E-state index is 0.239. The van der Waals surface area contributed by atoms with Crippen LogP contribution >= 0.6 is 0 Å². The summed E-state index contributed by atoms with van der Waals surface area (Å²) in [5, 5.41) is 5.47. The summed E-state index contributed by atoms with van der Waals surface area (Å²) in [5.41, 5.74) is -0.0294. The molecule has 29 heavy (non-hydrogen) atoms. The van der Waals surface area contributed by atoms with Crippen LogP contribution in [0.25, 0.3) is 0 Å². The Hall–Kier alpha value is -2.90. The fourth-order valence-corrected chi connectivity index (χ4v) is 3.57. The zero-order chi connectivity index (χ0) is 21.4. The molecule has 1 heterocycles. The molecule has 0 spiro atoms. The molecule has 1 aromatic rings. The third-order valence-corrected chi connectivity index (χ3v) is 4.93. The van der Waals surface area contributed by atoms with Crippen molar-refractivity contribution in [3.8, 4) is 0 Å². The second-order valence-corrected chi connectivity index (χ2v) is 7.26. The quantitative estimate of drug-likeness (QED) is 0.461. The average molecular weight is 403 g/mol. The molecule has 2 N–H and O–H groups in total. The van der Waals surface area contributed by atoms with E-state index < -0.39 is 42.5 Å². The molecule has 1 aliphatic rings. The van der Waals surface area contributed by atoms with Gasteiger partial charge in [0, 0.05) is 0 Å². The number of carbonyl (C=O) groups excluding carboxylic acids is 4. The first kappa shape index (κ1) is 22.4. The highest BCUT2D eigenvalue weighted by molar-refractivity contribution is 6.08. The number of amides is 4. The summed E-state index contributed by atoms with van der Waals surface area (Å²) in [6.45, 7) is 4.70. The lowest BCUT2D eigenvalue weighted by Crippen LogP contribution is -2.47. The van der Waals surface area contributed by atoms with Gasteiger partial charge in [-0.25, -0.2) is 4.79 Å². The van der Waals surface area contributed by atoms with E-state index >= 15 is 0 Å². The van der Waals surface area contributed by atoms with Crippen molar-refractivity contribution in [3.05, 3.63) is 35.9 Å². The molecule has 0 unspecified atom stereocenters. The molecule has 8 nitrogen and oxygen atoms in total. The monoisotopic (exact) mass is 403 g/mol. The highest BCUT2D eigenvalue weighted by Gasteiger charge is 2.50. The lowest BCUT2D eigenvalue weighted by atomic mass is 9.88. The van der Waals surface area contributed by atoms with Crippen molar-refractivity contribution in [2.24, 2.45) is 0 Å². The first-order chi connectivity index (χ1) is 13.8. The number of esters is 1. The number of hydrogen-bond donors (Lipinski definition) is 2. The van der Waals surface area contributed by atoms with Crippen LogP contribution in [0.4, 0.5) is 4.79 Å². The predicted octanol–water partition coefficient (Wildman–Crippen LogP) is 2.30. The maximum atomic E-state index is 12.7. The van der Waals surface area contributed by atoms with Gasteiger partial charge in [-0.3, -0.25) is 19.3 Å². The van der Waals surface area contributed by atoms with Gasteiger partial charge >= 0.3 is 12.0 Å². The second-order valence-electron chi connectivity index (χ2n) is 7.26. The van der Waals surface area contributed by atoms with Crippen LogP contribution in [-0.2, 0) is 19.1 Å². The lowest BCUT2D eigenvalue weighted by Gasteiger charge is -2.25. The molecular formula is C21H29N3O5. The van der Waals surface area contributed by atoms with E-state index in [4.69, 9.17) is 4.74 Å². The van der Waals surface area contributed by atoms with Crippen LogP contribution in [0.3, 0.4) is 0 Å². The zero-order valence-electron chi connectivity index (χ0n) is 17.2. The van der Waals surface area contributed by atoms with E-state index in [1.54, 1.807) is 0 Å². The molecule has 8 heteroatoms. The van der Waals surface area contributed by atoms with Crippen molar-refractivity contribution in [2.75, 3.05) is 13.2 Å². The number of hydrogen-bond acceptors (Lipinski definition) is 5. The Morgan fingerprint density at radius 2 is 1.76 bits per heavy atom. The Bertz CT molecular complexity index is 744. The molecule has 4 amide bonds. The van der Waals surface area contributed by atoms with Crippen LogP contribution in [0, 0.1) is 0 Å². The van der Waals surface area contributed by atoms with E-state index in [0.717, 1.165) is 23.3 Å². The van der Waals surface area contributed by atoms with Gasteiger partial charge in [0.1, 0.15) is 12.1 Å². The summed E-state index contributed by atoms with van der Waals surface area (Å²) in [6, 6.07) is 8.54. The number of carbonyl (C=O) groups is 4. The van der Waals surface area contributed by atoms with Gasteiger partial charge < -0.3 is 15.4 Å². The summed E-state index contributed by atoms with van der Waals surface area (Å²) < 4.78 is 4.96. The Balaban J connectivity index is 1.86. The van der Waals surface area contributed by atoms with Crippen LogP contribution in [0.2, 0.25) is 0 Å². The van der Waals surface area contributed by atoms with Gasteiger partial charge in [-0.05, 0) is 25.3 Å². The summed E-state index contributed by atoms with van der Waals surface area (Å²) in [6.07, 6.45) is 2.47. The summed E-state index contributed by atoms with van der Waals surface area (Å²) in [5.74, 6) is -1.68. The van der Waals surface area contributed by atoms with Crippen molar-refractivity contribution in [2.45, 2.75) is 58.0 Å². The molecule has 0 aliphatic carbocycles. The van der Waals surface area contributed by atoms with Crippen LogP contribution in [0.15, 0.2) is 30.3 Å². The van der Waals surface area contributed by atoms with Gasteiger partial charge in [-0.15, -0.1) is 0 Å². The Morgan fingerprint density at radius 3 is 2.34 bits per heavy atom. The van der Waals surface area contributed by atoms with Crippen molar-refractivity contribution < 1.29 is 23.9 Å². The minimum atomic E-state index is -0.955. The van der Waals surface area contributed by atoms with Gasteiger partial charge in [0.2, 0.25) is 0 Å². The predicted molar refractivity (Wildman–Crippen MR) is 107 cm³/mol. The Labute approximate surface area is 171 Å². The SMILES string of the molecule is CCCC1(CCC)NC(=O)N(CC(=O)OCC(=O)N[C@H](C)c2ccccc2)C1=O. The maximum Gasteiger partial charge on any atom is 0.326 e. The number of benzene rings is 1. The molecule has 1 saturated heterocycles. The average Bonchev–Trinajstić information content (AvgIpc) is 2.92. The Morgan fingerprint density at radius 1 is 1.14 bits per heavy atom. The first-order valence-electron chi connectivity index (χ1n) is 9.97. The van der Waals surface area contributed by atoms with E-state index in [-0.39, 0.29) is 6.04 Å². The van der Waals surface area contributed by atoms with E-state index in [9.17, 15) is 19.2 Å². The second kappa shape index (κ2) is 10.0. The van der Waals surface area contributed by atoms with E-state index in [2.05, 4.69) is 10.6 Å². The highest BCUT2D eigenvalue weighted by Crippen LogP contribution is 2.27. The zero-order valence-corrected chi connectivity index (χ0v) is 17.2. The molecule has 0 aromatic heterocycles. The normalized spacial score (nSPS) is 16.3. The van der Waals surface area contributed by atoms with E-state index in [1.807, 2.05) is 51.1 Å². The smallest absolute Gasteiger partial charge is 0.326 e. The molecule has 1 aromatic carbocycles. The third-order valence-electron chi connectivity index (χ3n) is 4.93. The largest absolute Gasteiger partial charge is 0.454 e. The topological polar surface area (TPSA) is 105 Å². The summed E-state index contributed by atoms with van der Waals surface area (Å²) in [7, 11) is 0. The molecule has 1 aliphatic heterocycles. The van der Waals surface area contributed by atoms with Gasteiger partial charge in [-0.2, -0.15) is 0 Å². The van der Waals surface area contributed by atoms with Crippen molar-refractivity contribution >= 4 is 23.8 Å². The van der Waals surface area contributed by atoms with Crippen LogP contribution in [-0.4, -0.2) is 47.4 Å².